The lowest BCUT2D eigenvalue weighted by atomic mass is 9.77. The number of azo groups is 2. The molecule has 5 aromatic carbocycles. The minimum absolute atomic E-state index is 0.313. The van der Waals surface area contributed by atoms with Gasteiger partial charge in [0.25, 0.3) is 0 Å². The molecule has 1 fully saturated rings. The molecule has 0 atom stereocenters. The first-order valence-electron chi connectivity index (χ1n) is 24.8. The fraction of sp³-hybridized carbons (Fsp3) is 0.431. The Hall–Kier alpha value is -5.69. The number of nitrogens with zero attached hydrogens (tertiary/aromatic N) is 4. The van der Waals surface area contributed by atoms with Crippen molar-refractivity contribution >= 4 is 28.7 Å². The maximum Gasteiger partial charge on any atom is 0.330 e. The van der Waals surface area contributed by atoms with Crippen molar-refractivity contribution in [1.29, 1.82) is 0 Å². The molecule has 0 amide bonds. The number of carbonyl (C=O) groups excluding carboxylic acids is 1. The van der Waals surface area contributed by atoms with Crippen LogP contribution in [0.5, 0.6) is 5.75 Å². The van der Waals surface area contributed by atoms with Crippen molar-refractivity contribution in [2.24, 2.45) is 26.4 Å². The average Bonchev–Trinajstić information content (AvgIpc) is 3.36. The molecule has 0 unspecified atom stereocenters. The van der Waals surface area contributed by atoms with Gasteiger partial charge in [-0.1, -0.05) is 138 Å². The van der Waals surface area contributed by atoms with Crippen molar-refractivity contribution in [1.82, 2.24) is 0 Å². The Morgan fingerprint density at radius 1 is 0.523 bits per heavy atom. The lowest BCUT2D eigenvalue weighted by Crippen LogP contribution is -2.13. The van der Waals surface area contributed by atoms with Crippen LogP contribution < -0.4 is 4.74 Å². The molecule has 0 aliphatic heterocycles. The third-order valence-electron chi connectivity index (χ3n) is 12.8. The Kier molecular flexibility index (Phi) is 21.2. The standard InChI is InChI=1S/C58H72N4O3/c1-3-44-64-57-42-40-56(41-43-57)62-61-55-38-36-54(37-39-55)60-59-53-34-24-48(25-35-53)19-14-10-8-6-5-7-9-13-17-46-20-26-49(27-21-46)51-30-32-52(33-31-51)50-28-22-47(23-29-50)18-15-11-12-16-45-65-58(63)4-2/h4,20-21,24-27,30-43,47,50H,2-3,5-19,22-23,28-29,44-45H2,1H3. The van der Waals surface area contributed by atoms with Gasteiger partial charge in [0.15, 0.2) is 0 Å². The van der Waals surface area contributed by atoms with Crippen molar-refractivity contribution in [3.8, 4) is 16.9 Å². The molecule has 0 N–H and O–H groups in total. The monoisotopic (exact) mass is 873 g/mol. The Balaban J connectivity index is 0.765. The van der Waals surface area contributed by atoms with Gasteiger partial charge in [0.05, 0.1) is 36.0 Å². The molecule has 1 aliphatic carbocycles. The first-order chi connectivity index (χ1) is 32.0. The maximum atomic E-state index is 11.1. The summed E-state index contributed by atoms with van der Waals surface area (Å²) in [6.07, 6.45) is 26.2. The molecule has 0 spiro atoms. The summed E-state index contributed by atoms with van der Waals surface area (Å²) in [6.45, 7) is 6.76. The van der Waals surface area contributed by atoms with Gasteiger partial charge >= 0.3 is 5.97 Å². The van der Waals surface area contributed by atoms with E-state index in [1.165, 1.54) is 137 Å². The van der Waals surface area contributed by atoms with E-state index < -0.39 is 0 Å². The van der Waals surface area contributed by atoms with E-state index in [9.17, 15) is 4.79 Å². The molecule has 7 nitrogen and oxygen atoms in total. The van der Waals surface area contributed by atoms with Crippen molar-refractivity contribution in [3.63, 3.8) is 0 Å². The maximum absolute atomic E-state index is 11.1. The lowest BCUT2D eigenvalue weighted by molar-refractivity contribution is -0.137. The van der Waals surface area contributed by atoms with Crippen molar-refractivity contribution in [2.75, 3.05) is 13.2 Å². The summed E-state index contributed by atoms with van der Waals surface area (Å²) in [6, 6.07) is 42.4. The van der Waals surface area contributed by atoms with Crippen LogP contribution in [-0.4, -0.2) is 19.2 Å². The summed E-state index contributed by atoms with van der Waals surface area (Å²) in [7, 11) is 0. The summed E-state index contributed by atoms with van der Waals surface area (Å²) in [5.74, 6) is 2.11. The molecule has 0 aromatic heterocycles. The van der Waals surface area contributed by atoms with Gasteiger partial charge in [-0.05, 0) is 165 Å². The van der Waals surface area contributed by atoms with Crippen LogP contribution in [0.3, 0.4) is 0 Å². The number of aryl methyl sites for hydroxylation is 2. The smallest absolute Gasteiger partial charge is 0.330 e. The van der Waals surface area contributed by atoms with E-state index in [1.807, 2.05) is 48.5 Å². The van der Waals surface area contributed by atoms with E-state index in [2.05, 4.69) is 107 Å². The molecule has 0 bridgehead atoms. The van der Waals surface area contributed by atoms with Crippen molar-refractivity contribution < 1.29 is 14.3 Å². The van der Waals surface area contributed by atoms with Gasteiger partial charge in [-0.15, -0.1) is 0 Å². The minimum Gasteiger partial charge on any atom is -0.494 e. The normalized spacial score (nSPS) is 15.1. The van der Waals surface area contributed by atoms with Crippen LogP contribution in [0.4, 0.5) is 22.7 Å². The molecule has 5 aromatic rings. The topological polar surface area (TPSA) is 85.0 Å². The summed E-state index contributed by atoms with van der Waals surface area (Å²) < 4.78 is 10.7. The highest BCUT2D eigenvalue weighted by Gasteiger charge is 2.22. The second-order valence-electron chi connectivity index (χ2n) is 17.9. The molecule has 0 radical (unpaired) electrons. The Morgan fingerprint density at radius 3 is 1.46 bits per heavy atom. The van der Waals surface area contributed by atoms with E-state index in [0.29, 0.717) is 19.1 Å². The predicted octanol–water partition coefficient (Wildman–Crippen LogP) is 17.8. The zero-order chi connectivity index (χ0) is 45.2. The SMILES string of the molecule is C=CC(=O)OCCCCCCC1CCC(c2ccc(-c3ccc(CCCCCCCCCCc4ccc(N=Nc5ccc(N=Nc6ccc(OCCC)cc6)cc5)cc4)cc3)cc2)CC1. The molecule has 6 rings (SSSR count). The number of rotatable bonds is 28. The number of ether oxygens (including phenoxy) is 2. The van der Waals surface area contributed by atoms with Crippen LogP contribution in [0.2, 0.25) is 0 Å². The van der Waals surface area contributed by atoms with Crippen LogP contribution >= 0.6 is 0 Å². The van der Waals surface area contributed by atoms with Crippen LogP contribution in [0.15, 0.2) is 154 Å². The van der Waals surface area contributed by atoms with Gasteiger partial charge in [-0.3, -0.25) is 0 Å². The fourth-order valence-corrected chi connectivity index (χ4v) is 8.81. The first-order valence-corrected chi connectivity index (χ1v) is 24.8. The summed E-state index contributed by atoms with van der Waals surface area (Å²) in [5.41, 5.74) is 10.1. The lowest BCUT2D eigenvalue weighted by Gasteiger charge is -2.29. The summed E-state index contributed by atoms with van der Waals surface area (Å²) in [5, 5.41) is 17.5. The number of carbonyl (C=O) groups is 1. The van der Waals surface area contributed by atoms with Gasteiger partial charge in [-0.2, -0.15) is 20.5 Å². The van der Waals surface area contributed by atoms with E-state index in [1.54, 1.807) is 0 Å². The largest absolute Gasteiger partial charge is 0.494 e. The molecule has 1 aliphatic rings. The molecule has 0 saturated heterocycles. The average molecular weight is 873 g/mol. The highest BCUT2D eigenvalue weighted by Crippen LogP contribution is 2.38. The van der Waals surface area contributed by atoms with Crippen molar-refractivity contribution in [3.05, 3.63) is 151 Å². The molecule has 65 heavy (non-hydrogen) atoms. The van der Waals surface area contributed by atoms with Crippen LogP contribution in [0, 0.1) is 5.92 Å². The van der Waals surface area contributed by atoms with Gasteiger partial charge in [0.1, 0.15) is 5.75 Å². The van der Waals surface area contributed by atoms with E-state index in [0.717, 1.165) is 60.1 Å². The third-order valence-corrected chi connectivity index (χ3v) is 12.8. The molecule has 1 saturated carbocycles. The van der Waals surface area contributed by atoms with Crippen LogP contribution in [0.1, 0.15) is 145 Å². The summed E-state index contributed by atoms with van der Waals surface area (Å²) in [4.78, 5) is 11.1. The Morgan fingerprint density at radius 2 is 0.954 bits per heavy atom. The van der Waals surface area contributed by atoms with Gasteiger partial charge in [0, 0.05) is 6.08 Å². The Labute approximate surface area is 389 Å². The fourth-order valence-electron chi connectivity index (χ4n) is 8.81. The second-order valence-corrected chi connectivity index (χ2v) is 17.9. The van der Waals surface area contributed by atoms with Crippen LogP contribution in [0.25, 0.3) is 11.1 Å². The highest BCUT2D eigenvalue weighted by atomic mass is 16.5. The quantitative estimate of drug-likeness (QED) is 0.0217. The first kappa shape index (κ1) is 48.8. The van der Waals surface area contributed by atoms with Gasteiger partial charge < -0.3 is 9.47 Å². The second kappa shape index (κ2) is 28.3. The molecular formula is C58H72N4O3. The third kappa shape index (κ3) is 18.0. The van der Waals surface area contributed by atoms with Gasteiger partial charge in [-0.25, -0.2) is 4.79 Å². The zero-order valence-electron chi connectivity index (χ0n) is 39.1. The minimum atomic E-state index is -0.313. The predicted molar refractivity (Wildman–Crippen MR) is 269 cm³/mol. The highest BCUT2D eigenvalue weighted by molar-refractivity contribution is 5.81. The number of esters is 1. The van der Waals surface area contributed by atoms with Crippen molar-refractivity contribution in [2.45, 2.75) is 141 Å². The molecular weight excluding hydrogens is 801 g/mol. The zero-order valence-corrected chi connectivity index (χ0v) is 39.1. The van der Waals surface area contributed by atoms with E-state index >= 15 is 0 Å². The van der Waals surface area contributed by atoms with E-state index in [-0.39, 0.29) is 5.97 Å². The number of hydrogen-bond donors (Lipinski definition) is 0. The summed E-state index contributed by atoms with van der Waals surface area (Å²) >= 11 is 0. The molecule has 0 heterocycles. The molecule has 7 heteroatoms. The Bertz CT molecular complexity index is 2150. The number of unbranched alkanes of at least 4 members (excludes halogenated alkanes) is 10. The van der Waals surface area contributed by atoms with E-state index in [4.69, 9.17) is 9.47 Å². The number of benzene rings is 5. The number of hydrogen-bond acceptors (Lipinski definition) is 7. The molecule has 342 valence electrons. The van der Waals surface area contributed by atoms with Crippen LogP contribution in [-0.2, 0) is 22.4 Å². The van der Waals surface area contributed by atoms with Gasteiger partial charge in [0.2, 0.25) is 0 Å².